The van der Waals surface area contributed by atoms with Crippen molar-refractivity contribution < 1.29 is 4.42 Å². The molecule has 0 radical (unpaired) electrons. The van der Waals surface area contributed by atoms with Crippen LogP contribution in [0.2, 0.25) is 0 Å². The Kier molecular flexibility index (Phi) is 7.10. The van der Waals surface area contributed by atoms with Crippen LogP contribution in [0.1, 0.15) is 0 Å². The first kappa shape index (κ1) is 28.6. The van der Waals surface area contributed by atoms with Gasteiger partial charge in [0.05, 0.1) is 5.56 Å². The van der Waals surface area contributed by atoms with Crippen LogP contribution in [0.5, 0.6) is 0 Å². The molecule has 9 rings (SSSR count). The van der Waals surface area contributed by atoms with E-state index in [4.69, 9.17) is 19.4 Å². The number of hydrogen-bond donors (Lipinski definition) is 0. The number of benzene rings is 7. The molecule has 4 heteroatoms. The molecular weight excluding hydrogens is 599 g/mol. The van der Waals surface area contributed by atoms with Crippen molar-refractivity contribution in [3.05, 3.63) is 176 Å². The van der Waals surface area contributed by atoms with E-state index in [1.165, 1.54) is 11.1 Å². The Morgan fingerprint density at radius 3 is 1.51 bits per heavy atom. The molecule has 0 amide bonds. The summed E-state index contributed by atoms with van der Waals surface area (Å²) in [5, 5.41) is 2.10. The smallest absolute Gasteiger partial charge is 0.167 e. The molecule has 7 aromatic carbocycles. The van der Waals surface area contributed by atoms with E-state index in [1.807, 2.05) is 66.7 Å². The van der Waals surface area contributed by atoms with Crippen LogP contribution >= 0.6 is 0 Å². The van der Waals surface area contributed by atoms with E-state index in [2.05, 4.69) is 109 Å². The molecule has 2 aromatic heterocycles. The summed E-state index contributed by atoms with van der Waals surface area (Å²) >= 11 is 0. The van der Waals surface area contributed by atoms with Crippen LogP contribution in [-0.4, -0.2) is 15.0 Å². The molecule has 9 aromatic rings. The Balaban J connectivity index is 1.18. The van der Waals surface area contributed by atoms with Crippen molar-refractivity contribution in [3.8, 4) is 67.5 Å². The Morgan fingerprint density at radius 1 is 0.306 bits per heavy atom. The second-order valence-electron chi connectivity index (χ2n) is 12.0. The van der Waals surface area contributed by atoms with Gasteiger partial charge in [0.2, 0.25) is 0 Å². The maximum absolute atomic E-state index is 6.40. The van der Waals surface area contributed by atoms with Crippen LogP contribution in [0.25, 0.3) is 89.5 Å². The summed E-state index contributed by atoms with van der Waals surface area (Å²) in [5.74, 6) is 1.77. The van der Waals surface area contributed by atoms with Crippen molar-refractivity contribution in [2.75, 3.05) is 0 Å². The van der Waals surface area contributed by atoms with Gasteiger partial charge in [-0.3, -0.25) is 0 Å². The molecule has 0 aliphatic heterocycles. The van der Waals surface area contributed by atoms with Gasteiger partial charge in [0.1, 0.15) is 11.2 Å². The molecular formula is C45H29N3O. The van der Waals surface area contributed by atoms with Crippen molar-refractivity contribution in [3.63, 3.8) is 0 Å². The zero-order valence-corrected chi connectivity index (χ0v) is 26.5. The molecule has 0 spiro atoms. The van der Waals surface area contributed by atoms with E-state index in [-0.39, 0.29) is 0 Å². The molecule has 0 aliphatic carbocycles. The minimum Gasteiger partial charge on any atom is -0.455 e. The second kappa shape index (κ2) is 12.2. The minimum atomic E-state index is 0.567. The predicted octanol–water partition coefficient (Wildman–Crippen LogP) is 11.8. The highest BCUT2D eigenvalue weighted by Crippen LogP contribution is 2.38. The van der Waals surface area contributed by atoms with E-state index in [0.29, 0.717) is 17.5 Å². The van der Waals surface area contributed by atoms with Gasteiger partial charge in [-0.05, 0) is 57.6 Å². The van der Waals surface area contributed by atoms with Gasteiger partial charge in [0, 0.05) is 21.9 Å². The summed E-state index contributed by atoms with van der Waals surface area (Å²) in [7, 11) is 0. The van der Waals surface area contributed by atoms with Crippen molar-refractivity contribution in [2.45, 2.75) is 0 Å². The molecule has 0 atom stereocenters. The lowest BCUT2D eigenvalue weighted by Gasteiger charge is -2.13. The monoisotopic (exact) mass is 627 g/mol. The Bertz CT molecular complexity index is 2610. The number of aromatic nitrogens is 3. The van der Waals surface area contributed by atoms with Crippen LogP contribution in [0, 0.1) is 0 Å². The first-order chi connectivity index (χ1) is 24.3. The summed E-state index contributed by atoms with van der Waals surface area (Å²) < 4.78 is 6.40. The van der Waals surface area contributed by atoms with E-state index < -0.39 is 0 Å². The third-order valence-corrected chi connectivity index (χ3v) is 8.95. The quantitative estimate of drug-likeness (QED) is 0.184. The normalized spacial score (nSPS) is 11.3. The average Bonchev–Trinajstić information content (AvgIpc) is 3.58. The summed E-state index contributed by atoms with van der Waals surface area (Å²) in [6.45, 7) is 0. The van der Waals surface area contributed by atoms with Crippen molar-refractivity contribution in [1.29, 1.82) is 0 Å². The number of rotatable bonds is 6. The van der Waals surface area contributed by atoms with Gasteiger partial charge in [-0.2, -0.15) is 0 Å². The number of para-hydroxylation sites is 2. The largest absolute Gasteiger partial charge is 0.455 e. The lowest BCUT2D eigenvalue weighted by Crippen LogP contribution is -2.00. The van der Waals surface area contributed by atoms with Crippen LogP contribution < -0.4 is 0 Å². The molecule has 230 valence electrons. The summed E-state index contributed by atoms with van der Waals surface area (Å²) in [4.78, 5) is 15.1. The van der Waals surface area contributed by atoms with E-state index in [1.54, 1.807) is 0 Å². The van der Waals surface area contributed by atoms with Gasteiger partial charge in [-0.25, -0.2) is 15.0 Å². The standard InChI is InChI=1S/C45H29N3O/c1-3-14-30(15-4-1)32-18-11-19-33(28-32)36-22-7-8-23-37(36)34-20-12-21-35(29-34)44-46-43(31-16-5-2-6-17-31)47-45(48-44)40-26-13-25-39-38-24-9-10-27-41(38)49-42(39)40/h1-29H. The molecule has 0 fully saturated rings. The second-order valence-corrected chi connectivity index (χ2v) is 12.0. The van der Waals surface area contributed by atoms with E-state index in [0.717, 1.165) is 60.9 Å². The fourth-order valence-electron chi connectivity index (χ4n) is 6.57. The predicted molar refractivity (Wildman–Crippen MR) is 200 cm³/mol. The summed E-state index contributed by atoms with van der Waals surface area (Å²) in [5.41, 5.74) is 11.2. The molecule has 0 aliphatic rings. The van der Waals surface area contributed by atoms with Crippen LogP contribution in [0.15, 0.2) is 180 Å². The molecule has 0 unspecified atom stereocenters. The highest BCUT2D eigenvalue weighted by atomic mass is 16.3. The Hall–Kier alpha value is -6.65. The highest BCUT2D eigenvalue weighted by molar-refractivity contribution is 6.09. The average molecular weight is 628 g/mol. The van der Waals surface area contributed by atoms with Gasteiger partial charge in [0.25, 0.3) is 0 Å². The molecule has 2 heterocycles. The molecule has 0 N–H and O–H groups in total. The molecule has 0 saturated carbocycles. The first-order valence-electron chi connectivity index (χ1n) is 16.4. The number of fused-ring (bicyclic) bond motifs is 3. The van der Waals surface area contributed by atoms with Gasteiger partial charge in [-0.15, -0.1) is 0 Å². The van der Waals surface area contributed by atoms with Crippen molar-refractivity contribution in [2.24, 2.45) is 0 Å². The molecule has 0 saturated heterocycles. The summed E-state index contributed by atoms with van der Waals surface area (Å²) in [6, 6.07) is 60.6. The fourth-order valence-corrected chi connectivity index (χ4v) is 6.57. The van der Waals surface area contributed by atoms with E-state index >= 15 is 0 Å². The lowest BCUT2D eigenvalue weighted by atomic mass is 9.92. The van der Waals surface area contributed by atoms with Crippen LogP contribution in [0.3, 0.4) is 0 Å². The van der Waals surface area contributed by atoms with Crippen LogP contribution in [0.4, 0.5) is 0 Å². The third kappa shape index (κ3) is 5.35. The van der Waals surface area contributed by atoms with Crippen molar-refractivity contribution in [1.82, 2.24) is 15.0 Å². The number of nitrogens with zero attached hydrogens (tertiary/aromatic N) is 3. The van der Waals surface area contributed by atoms with Gasteiger partial charge >= 0.3 is 0 Å². The zero-order chi connectivity index (χ0) is 32.6. The third-order valence-electron chi connectivity index (χ3n) is 8.95. The maximum atomic E-state index is 6.40. The SMILES string of the molecule is c1ccc(-c2cccc(-c3ccccc3-c3cccc(-c4nc(-c5ccccc5)nc(-c5cccc6c5oc5ccccc56)n4)c3)c2)cc1. The lowest BCUT2D eigenvalue weighted by molar-refractivity contribution is 0.669. The van der Waals surface area contributed by atoms with Gasteiger partial charge in [0.15, 0.2) is 17.5 Å². The molecule has 4 nitrogen and oxygen atoms in total. The van der Waals surface area contributed by atoms with Crippen LogP contribution in [-0.2, 0) is 0 Å². The van der Waals surface area contributed by atoms with E-state index in [9.17, 15) is 0 Å². The topological polar surface area (TPSA) is 51.8 Å². The summed E-state index contributed by atoms with van der Waals surface area (Å²) in [6.07, 6.45) is 0. The minimum absolute atomic E-state index is 0.567. The number of hydrogen-bond acceptors (Lipinski definition) is 4. The Labute approximate surface area is 284 Å². The highest BCUT2D eigenvalue weighted by Gasteiger charge is 2.18. The zero-order valence-electron chi connectivity index (χ0n) is 26.5. The first-order valence-corrected chi connectivity index (χ1v) is 16.4. The Morgan fingerprint density at radius 2 is 0.776 bits per heavy atom. The molecule has 49 heavy (non-hydrogen) atoms. The van der Waals surface area contributed by atoms with Crippen molar-refractivity contribution >= 4 is 21.9 Å². The van der Waals surface area contributed by atoms with Gasteiger partial charge < -0.3 is 4.42 Å². The number of furan rings is 1. The fraction of sp³-hybridized carbons (Fsp3) is 0. The maximum Gasteiger partial charge on any atom is 0.167 e. The molecule has 0 bridgehead atoms. The van der Waals surface area contributed by atoms with Gasteiger partial charge in [-0.1, -0.05) is 152 Å².